The monoisotopic (exact) mass is 343 g/mol. The Balaban J connectivity index is 1.51. The second-order valence-electron chi connectivity index (χ2n) is 4.87. The lowest BCUT2D eigenvalue weighted by molar-refractivity contribution is 0.102. The molecule has 3 rings (SSSR count). The van der Waals surface area contributed by atoms with E-state index >= 15 is 0 Å². The summed E-state index contributed by atoms with van der Waals surface area (Å²) in [5, 5.41) is 11.8. The van der Waals surface area contributed by atoms with Gasteiger partial charge in [-0.2, -0.15) is 0 Å². The first-order valence-electron chi connectivity index (χ1n) is 7.28. The zero-order valence-corrected chi connectivity index (χ0v) is 13.4. The van der Waals surface area contributed by atoms with Gasteiger partial charge >= 0.3 is 0 Å². The van der Waals surface area contributed by atoms with E-state index < -0.39 is 0 Å². The molecule has 0 spiro atoms. The number of halogens is 1. The van der Waals surface area contributed by atoms with E-state index in [2.05, 4.69) is 15.5 Å². The number of ether oxygens (including phenoxy) is 1. The Morgan fingerprint density at radius 2 is 1.83 bits per heavy atom. The summed E-state index contributed by atoms with van der Waals surface area (Å²) in [6, 6.07) is 14.8. The molecule has 1 heterocycles. The summed E-state index contributed by atoms with van der Waals surface area (Å²) in [4.78, 5) is 12.0. The number of rotatable bonds is 6. The van der Waals surface area contributed by atoms with Crippen molar-refractivity contribution in [3.63, 3.8) is 0 Å². The molecular weight excluding hydrogens is 329 g/mol. The summed E-state index contributed by atoms with van der Waals surface area (Å²) in [6.07, 6.45) is 0.596. The molecule has 7 heteroatoms. The van der Waals surface area contributed by atoms with Crippen molar-refractivity contribution in [1.29, 1.82) is 0 Å². The van der Waals surface area contributed by atoms with E-state index in [1.807, 2.05) is 30.3 Å². The molecule has 0 radical (unpaired) electrons. The number of nitrogens with zero attached hydrogens (tertiary/aromatic N) is 2. The first-order valence-corrected chi connectivity index (χ1v) is 8.09. The van der Waals surface area contributed by atoms with E-state index in [-0.39, 0.29) is 11.7 Å². The van der Waals surface area contributed by atoms with Crippen molar-refractivity contribution in [1.82, 2.24) is 10.2 Å². The van der Waals surface area contributed by atoms with Crippen LogP contribution in [0.25, 0.3) is 0 Å². The van der Waals surface area contributed by atoms with Crippen LogP contribution in [0.3, 0.4) is 0 Å². The van der Waals surface area contributed by atoms with Crippen molar-refractivity contribution < 1.29 is 13.9 Å². The van der Waals surface area contributed by atoms with Crippen molar-refractivity contribution in [3.8, 4) is 5.75 Å². The molecule has 0 bridgehead atoms. The van der Waals surface area contributed by atoms with Crippen LogP contribution < -0.4 is 10.1 Å². The highest BCUT2D eigenvalue weighted by Gasteiger charge is 2.10. The number of benzene rings is 2. The Morgan fingerprint density at radius 3 is 2.58 bits per heavy atom. The molecule has 1 aromatic heterocycles. The molecule has 0 saturated heterocycles. The van der Waals surface area contributed by atoms with Gasteiger partial charge in [0.1, 0.15) is 16.6 Å². The van der Waals surface area contributed by atoms with Crippen molar-refractivity contribution >= 4 is 22.4 Å². The molecule has 0 fully saturated rings. The molecular formula is C17H14FN3O2S. The molecule has 2 aromatic carbocycles. The first-order chi connectivity index (χ1) is 11.7. The van der Waals surface area contributed by atoms with Gasteiger partial charge in [0.25, 0.3) is 5.91 Å². The number of carbonyl (C=O) groups is 1. The van der Waals surface area contributed by atoms with Crippen LogP contribution in [0.15, 0.2) is 54.6 Å². The van der Waals surface area contributed by atoms with Crippen LogP contribution >= 0.6 is 11.3 Å². The Bertz CT molecular complexity index is 806. The topological polar surface area (TPSA) is 64.1 Å². The molecule has 122 valence electrons. The third-order valence-corrected chi connectivity index (χ3v) is 4.02. The molecule has 0 aliphatic carbocycles. The maximum atomic E-state index is 12.9. The maximum absolute atomic E-state index is 12.9. The first kappa shape index (κ1) is 16.1. The largest absolute Gasteiger partial charge is 0.493 e. The summed E-state index contributed by atoms with van der Waals surface area (Å²) in [7, 11) is 0. The van der Waals surface area contributed by atoms with Gasteiger partial charge in [-0.1, -0.05) is 29.5 Å². The summed E-state index contributed by atoms with van der Waals surface area (Å²) in [6.45, 7) is 0.477. The summed E-state index contributed by atoms with van der Waals surface area (Å²) >= 11 is 1.29. The average molecular weight is 343 g/mol. The van der Waals surface area contributed by atoms with E-state index in [0.29, 0.717) is 23.7 Å². The van der Waals surface area contributed by atoms with Gasteiger partial charge in [-0.05, 0) is 36.4 Å². The SMILES string of the molecule is O=C(Nc1nnc(CCOc2ccccc2)s1)c1ccc(F)cc1. The molecule has 0 aliphatic heterocycles. The van der Waals surface area contributed by atoms with E-state index in [4.69, 9.17) is 4.74 Å². The van der Waals surface area contributed by atoms with E-state index in [9.17, 15) is 9.18 Å². The fourth-order valence-corrected chi connectivity index (χ4v) is 2.66. The van der Waals surface area contributed by atoms with Crippen LogP contribution in [-0.4, -0.2) is 22.7 Å². The van der Waals surface area contributed by atoms with Gasteiger partial charge in [-0.25, -0.2) is 4.39 Å². The standard InChI is InChI=1S/C17H14FN3O2S/c18-13-8-6-12(7-9-13)16(22)19-17-21-20-15(24-17)10-11-23-14-4-2-1-3-5-14/h1-9H,10-11H2,(H,19,21,22). The molecule has 3 aromatic rings. The van der Waals surface area contributed by atoms with Gasteiger partial charge in [0.05, 0.1) is 6.61 Å². The third kappa shape index (κ3) is 4.36. The lowest BCUT2D eigenvalue weighted by Crippen LogP contribution is -2.11. The number of hydrogen-bond donors (Lipinski definition) is 1. The number of para-hydroxylation sites is 1. The number of anilines is 1. The predicted molar refractivity (Wildman–Crippen MR) is 89.9 cm³/mol. The van der Waals surface area contributed by atoms with E-state index in [0.717, 1.165) is 10.8 Å². The minimum atomic E-state index is -0.386. The molecule has 0 aliphatic rings. The van der Waals surface area contributed by atoms with Crippen LogP contribution in [0.1, 0.15) is 15.4 Å². The Kier molecular flexibility index (Phi) is 5.12. The summed E-state index contributed by atoms with van der Waals surface area (Å²) in [5.41, 5.74) is 0.362. The second-order valence-corrected chi connectivity index (χ2v) is 5.94. The van der Waals surface area contributed by atoms with Gasteiger partial charge in [-0.3, -0.25) is 10.1 Å². The normalized spacial score (nSPS) is 10.4. The van der Waals surface area contributed by atoms with Crippen LogP contribution in [0.5, 0.6) is 5.75 Å². The minimum Gasteiger partial charge on any atom is -0.493 e. The molecule has 5 nitrogen and oxygen atoms in total. The smallest absolute Gasteiger partial charge is 0.257 e. The predicted octanol–water partition coefficient (Wildman–Crippen LogP) is 3.55. The lowest BCUT2D eigenvalue weighted by Gasteiger charge is -2.03. The maximum Gasteiger partial charge on any atom is 0.257 e. The molecule has 0 saturated carbocycles. The Morgan fingerprint density at radius 1 is 1.08 bits per heavy atom. The molecule has 24 heavy (non-hydrogen) atoms. The van der Waals surface area contributed by atoms with E-state index in [1.54, 1.807) is 0 Å². The van der Waals surface area contributed by atoms with Gasteiger partial charge < -0.3 is 4.74 Å². The van der Waals surface area contributed by atoms with Gasteiger partial charge in [-0.15, -0.1) is 10.2 Å². The van der Waals surface area contributed by atoms with Crippen molar-refractivity contribution in [3.05, 3.63) is 71.0 Å². The zero-order valence-electron chi connectivity index (χ0n) is 12.6. The van der Waals surface area contributed by atoms with Crippen LogP contribution in [0, 0.1) is 5.82 Å². The quantitative estimate of drug-likeness (QED) is 0.743. The van der Waals surface area contributed by atoms with Crippen molar-refractivity contribution in [2.45, 2.75) is 6.42 Å². The number of amides is 1. The molecule has 0 unspecified atom stereocenters. The minimum absolute atomic E-state index is 0.349. The molecule has 0 atom stereocenters. The fraction of sp³-hybridized carbons (Fsp3) is 0.118. The number of aromatic nitrogens is 2. The Hall–Kier alpha value is -2.80. The van der Waals surface area contributed by atoms with Gasteiger partial charge in [0, 0.05) is 12.0 Å². The molecule has 1 amide bonds. The summed E-state index contributed by atoms with van der Waals surface area (Å²) < 4.78 is 18.5. The number of nitrogens with one attached hydrogen (secondary N) is 1. The van der Waals surface area contributed by atoms with Crippen LogP contribution in [0.4, 0.5) is 9.52 Å². The third-order valence-electron chi connectivity index (χ3n) is 3.12. The zero-order chi connectivity index (χ0) is 16.8. The van der Waals surface area contributed by atoms with Crippen LogP contribution in [0.2, 0.25) is 0 Å². The van der Waals surface area contributed by atoms with Gasteiger partial charge in [0.15, 0.2) is 0 Å². The highest BCUT2D eigenvalue weighted by molar-refractivity contribution is 7.15. The summed E-state index contributed by atoms with van der Waals surface area (Å²) in [5.74, 6) is 0.0632. The van der Waals surface area contributed by atoms with Crippen molar-refractivity contribution in [2.24, 2.45) is 0 Å². The second kappa shape index (κ2) is 7.65. The highest BCUT2D eigenvalue weighted by Crippen LogP contribution is 2.17. The van der Waals surface area contributed by atoms with Gasteiger partial charge in [0.2, 0.25) is 5.13 Å². The molecule has 1 N–H and O–H groups in total. The lowest BCUT2D eigenvalue weighted by atomic mass is 10.2. The fourth-order valence-electron chi connectivity index (χ4n) is 1.95. The van der Waals surface area contributed by atoms with Crippen molar-refractivity contribution in [2.75, 3.05) is 11.9 Å². The van der Waals surface area contributed by atoms with E-state index in [1.165, 1.54) is 35.6 Å². The number of carbonyl (C=O) groups excluding carboxylic acids is 1. The average Bonchev–Trinajstić information content (AvgIpc) is 3.04. The Labute approximate surface area is 142 Å². The number of hydrogen-bond acceptors (Lipinski definition) is 5. The highest BCUT2D eigenvalue weighted by atomic mass is 32.1. The van der Waals surface area contributed by atoms with Crippen LogP contribution in [-0.2, 0) is 6.42 Å².